The molecule has 0 aliphatic carbocycles. The number of para-hydroxylation sites is 1. The van der Waals surface area contributed by atoms with E-state index < -0.39 is 5.97 Å². The lowest BCUT2D eigenvalue weighted by Crippen LogP contribution is -2.06. The highest BCUT2D eigenvalue weighted by atomic mass is 16.5. The largest absolute Gasteiger partial charge is 0.478 e. The molecule has 0 aliphatic heterocycles. The molecule has 108 valence electrons. The number of aromatic nitrogens is 1. The zero-order valence-corrected chi connectivity index (χ0v) is 11.5. The van der Waals surface area contributed by atoms with E-state index in [0.717, 1.165) is 23.9 Å². The summed E-state index contributed by atoms with van der Waals surface area (Å²) in [6, 6.07) is 7.55. The van der Waals surface area contributed by atoms with E-state index in [1.165, 1.54) is 0 Å². The van der Waals surface area contributed by atoms with E-state index >= 15 is 0 Å². The fourth-order valence-corrected chi connectivity index (χ4v) is 2.18. The smallest absolute Gasteiger partial charge is 0.337 e. The van der Waals surface area contributed by atoms with Crippen LogP contribution in [0.2, 0.25) is 0 Å². The Bertz CT molecular complexity index is 576. The second-order valence-electron chi connectivity index (χ2n) is 4.52. The van der Waals surface area contributed by atoms with E-state index in [2.05, 4.69) is 0 Å². The predicted molar refractivity (Wildman–Crippen MR) is 76.2 cm³/mol. The number of nitrogens with zero attached hydrogens (tertiary/aromatic N) is 1. The van der Waals surface area contributed by atoms with Gasteiger partial charge in [-0.05, 0) is 12.5 Å². The third kappa shape index (κ3) is 3.37. The lowest BCUT2D eigenvalue weighted by molar-refractivity contribution is 0.0680. The van der Waals surface area contributed by atoms with Crippen LogP contribution in [0.4, 0.5) is 0 Å². The summed E-state index contributed by atoms with van der Waals surface area (Å²) in [7, 11) is 1.64. The van der Waals surface area contributed by atoms with Crippen LogP contribution in [-0.2, 0) is 16.0 Å². The van der Waals surface area contributed by atoms with E-state index in [9.17, 15) is 9.90 Å². The number of benzene rings is 1. The molecule has 0 radical (unpaired) electrons. The molecule has 0 atom stereocenters. The van der Waals surface area contributed by atoms with Gasteiger partial charge in [-0.2, -0.15) is 0 Å². The Hall–Kier alpha value is -1.85. The molecule has 1 aromatic heterocycles. The van der Waals surface area contributed by atoms with Gasteiger partial charge in [0.1, 0.15) is 0 Å². The minimum atomic E-state index is -0.892. The summed E-state index contributed by atoms with van der Waals surface area (Å²) in [5, 5.41) is 9.99. The first-order valence-electron chi connectivity index (χ1n) is 6.62. The normalized spacial score (nSPS) is 11.1. The molecule has 5 nitrogen and oxygen atoms in total. The van der Waals surface area contributed by atoms with Gasteiger partial charge in [-0.1, -0.05) is 18.2 Å². The molecular formula is C15H19NO4. The van der Waals surface area contributed by atoms with Gasteiger partial charge in [0.15, 0.2) is 0 Å². The van der Waals surface area contributed by atoms with Crippen LogP contribution < -0.4 is 0 Å². The number of hydrogen-bond donors (Lipinski definition) is 1. The Morgan fingerprint density at radius 1 is 1.25 bits per heavy atom. The number of fused-ring (bicyclic) bond motifs is 1. The summed E-state index contributed by atoms with van der Waals surface area (Å²) in [5.74, 6) is -0.892. The summed E-state index contributed by atoms with van der Waals surface area (Å²) >= 11 is 0. The number of carboxylic acid groups (broad SMARTS) is 1. The molecule has 1 heterocycles. The van der Waals surface area contributed by atoms with Gasteiger partial charge >= 0.3 is 5.97 Å². The molecular weight excluding hydrogens is 258 g/mol. The van der Waals surface area contributed by atoms with Crippen LogP contribution >= 0.6 is 0 Å². The zero-order valence-electron chi connectivity index (χ0n) is 11.5. The highest BCUT2D eigenvalue weighted by molar-refractivity contribution is 6.03. The fraction of sp³-hybridized carbons (Fsp3) is 0.400. The molecule has 0 saturated carbocycles. The van der Waals surface area contributed by atoms with Gasteiger partial charge < -0.3 is 19.1 Å². The van der Waals surface area contributed by atoms with Gasteiger partial charge in [0.2, 0.25) is 0 Å². The van der Waals surface area contributed by atoms with Crippen LogP contribution in [0.15, 0.2) is 30.5 Å². The molecule has 0 bridgehead atoms. The topological polar surface area (TPSA) is 60.7 Å². The van der Waals surface area contributed by atoms with Crippen molar-refractivity contribution in [1.82, 2.24) is 4.57 Å². The van der Waals surface area contributed by atoms with Gasteiger partial charge in [0, 0.05) is 37.4 Å². The number of aryl methyl sites for hydroxylation is 1. The summed E-state index contributed by atoms with van der Waals surface area (Å²) in [4.78, 5) is 11.2. The van der Waals surface area contributed by atoms with Crippen molar-refractivity contribution < 1.29 is 19.4 Å². The third-order valence-electron chi connectivity index (χ3n) is 3.14. The van der Waals surface area contributed by atoms with Crippen molar-refractivity contribution in [2.75, 3.05) is 26.9 Å². The average molecular weight is 277 g/mol. The van der Waals surface area contributed by atoms with Crippen molar-refractivity contribution >= 4 is 16.9 Å². The predicted octanol–water partition coefficient (Wildman–Crippen LogP) is 2.39. The van der Waals surface area contributed by atoms with Crippen molar-refractivity contribution in [3.63, 3.8) is 0 Å². The van der Waals surface area contributed by atoms with Crippen LogP contribution in [0.3, 0.4) is 0 Å². The molecule has 0 spiro atoms. The van der Waals surface area contributed by atoms with Gasteiger partial charge in [-0.15, -0.1) is 0 Å². The second-order valence-corrected chi connectivity index (χ2v) is 4.52. The van der Waals surface area contributed by atoms with Gasteiger partial charge in [0.25, 0.3) is 0 Å². The SMILES string of the molecule is COCCOCCCn1cc(C(=O)O)c2ccccc21. The fourth-order valence-electron chi connectivity index (χ4n) is 2.18. The van der Waals surface area contributed by atoms with Gasteiger partial charge in [0.05, 0.1) is 18.8 Å². The first kappa shape index (κ1) is 14.6. The van der Waals surface area contributed by atoms with Crippen molar-refractivity contribution in [3.8, 4) is 0 Å². The van der Waals surface area contributed by atoms with Gasteiger partial charge in [-0.25, -0.2) is 4.79 Å². The molecule has 0 aliphatic rings. The van der Waals surface area contributed by atoms with Gasteiger partial charge in [-0.3, -0.25) is 0 Å². The van der Waals surface area contributed by atoms with Crippen molar-refractivity contribution in [2.24, 2.45) is 0 Å². The summed E-state index contributed by atoms with van der Waals surface area (Å²) in [6.45, 7) is 2.55. The number of ether oxygens (including phenoxy) is 2. The monoisotopic (exact) mass is 277 g/mol. The molecule has 1 aromatic carbocycles. The zero-order chi connectivity index (χ0) is 14.4. The number of carbonyl (C=O) groups is 1. The molecule has 0 saturated heterocycles. The van der Waals surface area contributed by atoms with Crippen LogP contribution in [0.1, 0.15) is 16.8 Å². The van der Waals surface area contributed by atoms with Crippen molar-refractivity contribution in [3.05, 3.63) is 36.0 Å². The van der Waals surface area contributed by atoms with Crippen LogP contribution in [0.5, 0.6) is 0 Å². The highest BCUT2D eigenvalue weighted by Gasteiger charge is 2.13. The van der Waals surface area contributed by atoms with E-state index in [4.69, 9.17) is 9.47 Å². The summed E-state index contributed by atoms with van der Waals surface area (Å²) in [5.41, 5.74) is 1.29. The molecule has 20 heavy (non-hydrogen) atoms. The maximum atomic E-state index is 11.2. The summed E-state index contributed by atoms with van der Waals surface area (Å²) in [6.07, 6.45) is 2.53. The standard InChI is InChI=1S/C15H19NO4/c1-19-9-10-20-8-4-7-16-11-13(15(17)18)12-5-2-3-6-14(12)16/h2-3,5-6,11H,4,7-10H2,1H3,(H,17,18). The van der Waals surface area contributed by atoms with Crippen LogP contribution in [-0.4, -0.2) is 42.6 Å². The minimum Gasteiger partial charge on any atom is -0.478 e. The number of aromatic carboxylic acids is 1. The Balaban J connectivity index is 2.01. The molecule has 5 heteroatoms. The highest BCUT2D eigenvalue weighted by Crippen LogP contribution is 2.21. The lowest BCUT2D eigenvalue weighted by Gasteiger charge is -2.06. The molecule has 2 rings (SSSR count). The van der Waals surface area contributed by atoms with Crippen LogP contribution in [0.25, 0.3) is 10.9 Å². The maximum Gasteiger partial charge on any atom is 0.337 e. The Morgan fingerprint density at radius 2 is 2.05 bits per heavy atom. The van der Waals surface area contributed by atoms with E-state index in [1.807, 2.05) is 28.8 Å². The average Bonchev–Trinajstić information content (AvgIpc) is 2.82. The molecule has 0 fully saturated rings. The number of rotatable bonds is 8. The molecule has 0 unspecified atom stereocenters. The number of carboxylic acids is 1. The van der Waals surface area contributed by atoms with Crippen molar-refractivity contribution in [1.29, 1.82) is 0 Å². The quantitative estimate of drug-likeness (QED) is 0.753. The lowest BCUT2D eigenvalue weighted by atomic mass is 10.2. The summed E-state index contributed by atoms with van der Waals surface area (Å²) < 4.78 is 12.3. The Kier molecular flexibility index (Phi) is 5.15. The Morgan fingerprint density at radius 3 is 2.80 bits per heavy atom. The second kappa shape index (κ2) is 7.07. The minimum absolute atomic E-state index is 0.348. The first-order valence-corrected chi connectivity index (χ1v) is 6.62. The first-order chi connectivity index (χ1) is 9.74. The number of hydrogen-bond acceptors (Lipinski definition) is 3. The number of methoxy groups -OCH3 is 1. The third-order valence-corrected chi connectivity index (χ3v) is 3.14. The molecule has 0 amide bonds. The van der Waals surface area contributed by atoms with E-state index in [1.54, 1.807) is 13.3 Å². The van der Waals surface area contributed by atoms with E-state index in [-0.39, 0.29) is 0 Å². The Labute approximate surface area is 117 Å². The van der Waals surface area contributed by atoms with E-state index in [0.29, 0.717) is 25.4 Å². The van der Waals surface area contributed by atoms with Crippen LogP contribution in [0, 0.1) is 0 Å². The molecule has 1 N–H and O–H groups in total. The van der Waals surface area contributed by atoms with Crippen molar-refractivity contribution in [2.45, 2.75) is 13.0 Å². The molecule has 2 aromatic rings. The maximum absolute atomic E-state index is 11.2.